The molecular formula is C31H34N6O3. The highest BCUT2D eigenvalue weighted by molar-refractivity contribution is 6.18. The van der Waals surface area contributed by atoms with Gasteiger partial charge in [-0.2, -0.15) is 0 Å². The first-order chi connectivity index (χ1) is 19.4. The molecule has 2 N–H and O–H groups in total. The Bertz CT molecular complexity index is 1390. The van der Waals surface area contributed by atoms with Gasteiger partial charge in [0, 0.05) is 29.1 Å². The van der Waals surface area contributed by atoms with Gasteiger partial charge in [-0.3, -0.25) is 14.7 Å². The quantitative estimate of drug-likeness (QED) is 0.0954. The Labute approximate surface area is 234 Å². The van der Waals surface area contributed by atoms with Gasteiger partial charge in [0.05, 0.1) is 17.4 Å². The summed E-state index contributed by atoms with van der Waals surface area (Å²) in [5.74, 6) is -1.17. The largest absolute Gasteiger partial charge is 0.479 e. The van der Waals surface area contributed by atoms with Gasteiger partial charge in [0.2, 0.25) is 5.91 Å². The molecule has 3 aromatic rings. The Balaban J connectivity index is 1.66. The maximum atomic E-state index is 13.6. The molecule has 40 heavy (non-hydrogen) atoms. The molecule has 0 saturated carbocycles. The molecule has 1 amide bonds. The summed E-state index contributed by atoms with van der Waals surface area (Å²) in [6, 6.07) is 26.6. The number of carboxylic acids is 1. The van der Waals surface area contributed by atoms with Crippen LogP contribution in [0.2, 0.25) is 0 Å². The second-order valence-electron chi connectivity index (χ2n) is 10.1. The fourth-order valence-electron chi connectivity index (χ4n) is 5.02. The zero-order valence-electron chi connectivity index (χ0n) is 22.6. The van der Waals surface area contributed by atoms with Crippen LogP contribution in [0, 0.1) is 0 Å². The van der Waals surface area contributed by atoms with Gasteiger partial charge in [0.25, 0.3) is 0 Å². The summed E-state index contributed by atoms with van der Waals surface area (Å²) in [7, 11) is 0. The van der Waals surface area contributed by atoms with Crippen molar-refractivity contribution in [1.29, 1.82) is 0 Å². The lowest BCUT2D eigenvalue weighted by Gasteiger charge is -2.25. The van der Waals surface area contributed by atoms with Gasteiger partial charge in [-0.05, 0) is 56.3 Å². The average Bonchev–Trinajstić information content (AvgIpc) is 3.44. The molecule has 0 radical (unpaired) electrons. The Morgan fingerprint density at radius 2 is 1.73 bits per heavy atom. The molecule has 0 aromatic heterocycles. The lowest BCUT2D eigenvalue weighted by Crippen LogP contribution is -2.39. The van der Waals surface area contributed by atoms with Gasteiger partial charge in [-0.25, -0.2) is 4.79 Å². The summed E-state index contributed by atoms with van der Waals surface area (Å²) in [6.45, 7) is 3.29. The second kappa shape index (κ2) is 13.6. The minimum Gasteiger partial charge on any atom is -0.479 e. The number of carboxylic acid groups (broad SMARTS) is 1. The number of nitrogens with zero attached hydrogens (tertiary/aromatic N) is 5. The first kappa shape index (κ1) is 28.5. The minimum absolute atomic E-state index is 0.0938. The molecule has 4 rings (SSSR count). The molecule has 0 aliphatic carbocycles. The highest BCUT2D eigenvalue weighted by Gasteiger charge is 2.34. The first-order valence-corrected chi connectivity index (χ1v) is 13.5. The summed E-state index contributed by atoms with van der Waals surface area (Å²) >= 11 is 0. The SMILES string of the molecule is C[C@@](CCCN=[N+]=[N-])(N=C(c1ccccc1)c1ccccc1NC(=O)C1CCCN1Cc1ccccc1)C(=O)O. The summed E-state index contributed by atoms with van der Waals surface area (Å²) < 4.78 is 0. The summed E-state index contributed by atoms with van der Waals surface area (Å²) in [5, 5.41) is 16.8. The van der Waals surface area contributed by atoms with Crippen molar-refractivity contribution < 1.29 is 14.7 Å². The van der Waals surface area contributed by atoms with Crippen LogP contribution in [0.15, 0.2) is 95.0 Å². The second-order valence-corrected chi connectivity index (χ2v) is 10.1. The number of aliphatic carboxylic acids is 1. The molecule has 0 spiro atoms. The number of likely N-dealkylation sites (tertiary alicyclic amines) is 1. The topological polar surface area (TPSA) is 131 Å². The van der Waals surface area contributed by atoms with Crippen LogP contribution in [-0.2, 0) is 16.1 Å². The molecule has 0 bridgehead atoms. The number of nitrogens with one attached hydrogen (secondary N) is 1. The zero-order valence-corrected chi connectivity index (χ0v) is 22.6. The van der Waals surface area contributed by atoms with E-state index in [0.717, 1.165) is 30.5 Å². The van der Waals surface area contributed by atoms with Crippen molar-refractivity contribution in [3.8, 4) is 0 Å². The predicted molar refractivity (Wildman–Crippen MR) is 156 cm³/mol. The number of amides is 1. The number of azide groups is 1. The number of para-hydroxylation sites is 1. The van der Waals surface area contributed by atoms with Crippen LogP contribution in [0.3, 0.4) is 0 Å². The van der Waals surface area contributed by atoms with Crippen molar-refractivity contribution in [3.05, 3.63) is 112 Å². The Morgan fingerprint density at radius 3 is 2.42 bits per heavy atom. The van der Waals surface area contributed by atoms with Crippen molar-refractivity contribution in [3.63, 3.8) is 0 Å². The van der Waals surface area contributed by atoms with Crippen molar-refractivity contribution >= 4 is 23.3 Å². The molecule has 1 saturated heterocycles. The molecule has 1 unspecified atom stereocenters. The van der Waals surface area contributed by atoms with Crippen LogP contribution in [0.25, 0.3) is 10.4 Å². The van der Waals surface area contributed by atoms with E-state index in [1.54, 1.807) is 6.92 Å². The van der Waals surface area contributed by atoms with Gasteiger partial charge in [0.15, 0.2) is 5.54 Å². The molecule has 206 valence electrons. The number of aliphatic imine (C=N–C) groups is 1. The van der Waals surface area contributed by atoms with Gasteiger partial charge >= 0.3 is 5.97 Å². The van der Waals surface area contributed by atoms with Crippen LogP contribution in [-0.4, -0.2) is 52.3 Å². The Morgan fingerprint density at radius 1 is 1.05 bits per heavy atom. The monoisotopic (exact) mass is 538 g/mol. The number of rotatable bonds is 12. The molecular weight excluding hydrogens is 504 g/mol. The van der Waals surface area contributed by atoms with Gasteiger partial charge in [-0.15, -0.1) is 0 Å². The van der Waals surface area contributed by atoms with Crippen LogP contribution in [0.1, 0.15) is 49.3 Å². The number of carbonyl (C=O) groups is 2. The standard InChI is InChI=1S/C31H34N6O3/c1-31(30(39)40,19-11-20-33-36-32)35-28(24-14-6-3-7-15-24)25-16-8-9-17-26(25)34-29(38)27-18-10-21-37(27)22-23-12-4-2-5-13-23/h2-9,12-17,27H,10-11,18-22H2,1H3,(H,34,38)(H,39,40)/t27?,31-/m0/s1. The number of anilines is 1. The van der Waals surface area contributed by atoms with E-state index in [1.165, 1.54) is 0 Å². The Kier molecular flexibility index (Phi) is 9.67. The third-order valence-electron chi connectivity index (χ3n) is 7.19. The van der Waals surface area contributed by atoms with E-state index in [2.05, 4.69) is 32.4 Å². The van der Waals surface area contributed by atoms with E-state index in [4.69, 9.17) is 10.5 Å². The number of hydrogen-bond donors (Lipinski definition) is 2. The smallest absolute Gasteiger partial charge is 0.331 e. The number of benzene rings is 3. The molecule has 1 aliphatic rings. The van der Waals surface area contributed by atoms with E-state index >= 15 is 0 Å². The minimum atomic E-state index is -1.47. The van der Waals surface area contributed by atoms with E-state index < -0.39 is 11.5 Å². The fraction of sp³-hybridized carbons (Fsp3) is 0.323. The van der Waals surface area contributed by atoms with Crippen LogP contribution in [0.4, 0.5) is 5.69 Å². The highest BCUT2D eigenvalue weighted by atomic mass is 16.4. The normalized spacial score (nSPS) is 17.0. The molecule has 1 heterocycles. The Hall–Kier alpha value is -4.46. The molecule has 1 fully saturated rings. The molecule has 1 aliphatic heterocycles. The maximum absolute atomic E-state index is 13.6. The van der Waals surface area contributed by atoms with E-state index in [9.17, 15) is 14.7 Å². The third-order valence-corrected chi connectivity index (χ3v) is 7.19. The molecule has 2 atom stereocenters. The number of hydrogen-bond acceptors (Lipinski definition) is 5. The zero-order chi connectivity index (χ0) is 28.4. The van der Waals surface area contributed by atoms with E-state index in [0.29, 0.717) is 29.9 Å². The summed E-state index contributed by atoms with van der Waals surface area (Å²) in [6.07, 6.45) is 2.26. The van der Waals surface area contributed by atoms with Crippen LogP contribution in [0.5, 0.6) is 0 Å². The van der Waals surface area contributed by atoms with Crippen molar-refractivity contribution in [2.75, 3.05) is 18.4 Å². The summed E-state index contributed by atoms with van der Waals surface area (Å²) in [5.41, 5.74) is 10.7. The predicted octanol–water partition coefficient (Wildman–Crippen LogP) is 6.06. The van der Waals surface area contributed by atoms with E-state index in [-0.39, 0.29) is 24.9 Å². The van der Waals surface area contributed by atoms with Gasteiger partial charge in [0.1, 0.15) is 0 Å². The molecule has 9 heteroatoms. The van der Waals surface area contributed by atoms with Crippen LogP contribution < -0.4 is 5.32 Å². The molecule has 3 aromatic carbocycles. The van der Waals surface area contributed by atoms with Crippen molar-refractivity contribution in [2.24, 2.45) is 10.1 Å². The fourth-order valence-corrected chi connectivity index (χ4v) is 5.02. The first-order valence-electron chi connectivity index (χ1n) is 13.5. The van der Waals surface area contributed by atoms with Gasteiger partial charge in [-0.1, -0.05) is 84.0 Å². The van der Waals surface area contributed by atoms with Crippen molar-refractivity contribution in [1.82, 2.24) is 4.90 Å². The highest BCUT2D eigenvalue weighted by Crippen LogP contribution is 2.28. The van der Waals surface area contributed by atoms with E-state index in [1.807, 2.05) is 72.8 Å². The maximum Gasteiger partial charge on any atom is 0.331 e. The molecule has 9 nitrogen and oxygen atoms in total. The third kappa shape index (κ3) is 7.14. The summed E-state index contributed by atoms with van der Waals surface area (Å²) in [4.78, 5) is 35.8. The van der Waals surface area contributed by atoms with Gasteiger partial charge < -0.3 is 10.4 Å². The van der Waals surface area contributed by atoms with Crippen molar-refractivity contribution in [2.45, 2.75) is 50.7 Å². The average molecular weight is 539 g/mol. The van der Waals surface area contributed by atoms with Crippen LogP contribution >= 0.6 is 0 Å². The lowest BCUT2D eigenvalue weighted by atomic mass is 9.93. The lowest BCUT2D eigenvalue weighted by molar-refractivity contribution is -0.142. The number of carbonyl (C=O) groups excluding carboxylic acids is 1.